The first-order valence-corrected chi connectivity index (χ1v) is 12.1. The predicted molar refractivity (Wildman–Crippen MR) is 142 cm³/mol. The highest BCUT2D eigenvalue weighted by Gasteiger charge is 2.17. The molecular formula is C25H31BrN6O3. The molecule has 3 aromatic rings. The molecule has 0 fully saturated rings. The van der Waals surface area contributed by atoms with E-state index in [1.165, 1.54) is 13.3 Å². The van der Waals surface area contributed by atoms with Crippen LogP contribution in [0.3, 0.4) is 0 Å². The standard InChI is InChI=1S/C25H31BrN6O3/c1-15(6-5-9-32-22-12-18(26)7-8-20(22)31-25(32)28)14-35-23(29-3)19(13-27)21-11-17(24(33)34-4)10-16(2)30-21/h7-8,10-13,15H,5-6,9,14,27H2,1-4H3,(H2,28,31)/b19-13-,29-23?. The van der Waals surface area contributed by atoms with E-state index in [1.54, 1.807) is 26.1 Å². The Balaban J connectivity index is 1.61. The number of carbonyl (C=O) groups excluding carboxylic acids is 1. The number of hydrogen-bond acceptors (Lipinski definition) is 8. The molecule has 1 atom stereocenters. The highest BCUT2D eigenvalue weighted by Crippen LogP contribution is 2.23. The van der Waals surface area contributed by atoms with Crippen molar-refractivity contribution in [2.45, 2.75) is 33.2 Å². The van der Waals surface area contributed by atoms with Crippen LogP contribution < -0.4 is 11.5 Å². The molecule has 0 saturated heterocycles. The summed E-state index contributed by atoms with van der Waals surface area (Å²) in [7, 11) is 2.97. The van der Waals surface area contributed by atoms with Crippen LogP contribution in [0.2, 0.25) is 0 Å². The van der Waals surface area contributed by atoms with Crippen molar-refractivity contribution in [1.82, 2.24) is 14.5 Å². The van der Waals surface area contributed by atoms with Crippen molar-refractivity contribution < 1.29 is 14.3 Å². The molecule has 2 aromatic heterocycles. The molecule has 0 radical (unpaired) electrons. The minimum absolute atomic E-state index is 0.254. The Morgan fingerprint density at radius 1 is 1.29 bits per heavy atom. The number of hydrogen-bond donors (Lipinski definition) is 2. The van der Waals surface area contributed by atoms with Gasteiger partial charge in [-0.05, 0) is 56.0 Å². The fourth-order valence-corrected chi connectivity index (χ4v) is 4.17. The Kier molecular flexibility index (Phi) is 8.86. The second-order valence-electron chi connectivity index (χ2n) is 8.30. The maximum Gasteiger partial charge on any atom is 0.337 e. The number of aromatic nitrogens is 3. The van der Waals surface area contributed by atoms with Gasteiger partial charge in [0.15, 0.2) is 0 Å². The zero-order valence-corrected chi connectivity index (χ0v) is 22.0. The molecule has 0 bridgehead atoms. The van der Waals surface area contributed by atoms with Gasteiger partial charge in [-0.15, -0.1) is 0 Å². The summed E-state index contributed by atoms with van der Waals surface area (Å²) in [6, 6.07) is 9.21. The van der Waals surface area contributed by atoms with Crippen LogP contribution in [0.15, 0.2) is 46.0 Å². The lowest BCUT2D eigenvalue weighted by atomic mass is 10.1. The average Bonchev–Trinajstić information content (AvgIpc) is 3.14. The summed E-state index contributed by atoms with van der Waals surface area (Å²) < 4.78 is 13.9. The third kappa shape index (κ3) is 6.39. The van der Waals surface area contributed by atoms with Crippen LogP contribution in [0.4, 0.5) is 5.95 Å². The van der Waals surface area contributed by atoms with E-state index in [9.17, 15) is 4.79 Å². The van der Waals surface area contributed by atoms with Crippen LogP contribution in [0.5, 0.6) is 0 Å². The minimum atomic E-state index is -0.448. The monoisotopic (exact) mass is 542 g/mol. The number of esters is 1. The number of pyridine rings is 1. The number of nitrogen functional groups attached to an aromatic ring is 1. The van der Waals surface area contributed by atoms with Crippen molar-refractivity contribution in [2.75, 3.05) is 26.5 Å². The van der Waals surface area contributed by atoms with Gasteiger partial charge in [0.25, 0.3) is 0 Å². The molecule has 4 N–H and O–H groups in total. The normalized spacial score (nSPS) is 13.2. The lowest BCUT2D eigenvalue weighted by Gasteiger charge is -2.17. The zero-order chi connectivity index (χ0) is 25.5. The number of methoxy groups -OCH3 is 1. The van der Waals surface area contributed by atoms with E-state index in [0.29, 0.717) is 41.0 Å². The molecule has 2 heterocycles. The summed E-state index contributed by atoms with van der Waals surface area (Å²) in [5, 5.41) is 0. The van der Waals surface area contributed by atoms with Crippen molar-refractivity contribution >= 4 is 50.4 Å². The molecular weight excluding hydrogens is 512 g/mol. The van der Waals surface area contributed by atoms with E-state index >= 15 is 0 Å². The van der Waals surface area contributed by atoms with Crippen LogP contribution in [0, 0.1) is 12.8 Å². The number of fused-ring (bicyclic) bond motifs is 1. The Morgan fingerprint density at radius 3 is 2.74 bits per heavy atom. The summed E-state index contributed by atoms with van der Waals surface area (Å²) in [5.41, 5.74) is 16.0. The second kappa shape index (κ2) is 11.8. The average molecular weight is 543 g/mol. The molecule has 1 unspecified atom stereocenters. The van der Waals surface area contributed by atoms with Crippen molar-refractivity contribution in [2.24, 2.45) is 16.6 Å². The number of nitrogens with two attached hydrogens (primary N) is 2. The summed E-state index contributed by atoms with van der Waals surface area (Å²) in [4.78, 5) is 25.2. The van der Waals surface area contributed by atoms with Crippen LogP contribution in [-0.4, -0.2) is 47.2 Å². The van der Waals surface area contributed by atoms with Gasteiger partial charge in [0.1, 0.15) is 0 Å². The Morgan fingerprint density at radius 2 is 2.06 bits per heavy atom. The van der Waals surface area contributed by atoms with Gasteiger partial charge in [-0.3, -0.25) is 9.98 Å². The van der Waals surface area contributed by atoms with Crippen LogP contribution in [-0.2, 0) is 16.0 Å². The first kappa shape index (κ1) is 26.2. The number of benzene rings is 1. The summed E-state index contributed by atoms with van der Waals surface area (Å²) in [5.74, 6) is 0.681. The van der Waals surface area contributed by atoms with Gasteiger partial charge in [0.05, 0.1) is 41.6 Å². The van der Waals surface area contributed by atoms with E-state index in [-0.39, 0.29) is 5.92 Å². The first-order chi connectivity index (χ1) is 16.8. The third-order valence-electron chi connectivity index (χ3n) is 5.57. The van der Waals surface area contributed by atoms with Gasteiger partial charge >= 0.3 is 5.97 Å². The number of aryl methyl sites for hydroxylation is 2. The van der Waals surface area contributed by atoms with Crippen LogP contribution >= 0.6 is 15.9 Å². The number of halogens is 1. The Labute approximate surface area is 213 Å². The van der Waals surface area contributed by atoms with E-state index < -0.39 is 5.97 Å². The maximum absolute atomic E-state index is 12.0. The predicted octanol–water partition coefficient (Wildman–Crippen LogP) is 4.33. The second-order valence-corrected chi connectivity index (χ2v) is 9.21. The summed E-state index contributed by atoms with van der Waals surface area (Å²) in [6.07, 6.45) is 3.22. The topological polar surface area (TPSA) is 131 Å². The molecule has 0 aliphatic rings. The maximum atomic E-state index is 12.0. The number of anilines is 1. The third-order valence-corrected chi connectivity index (χ3v) is 6.07. The highest BCUT2D eigenvalue weighted by atomic mass is 79.9. The molecule has 35 heavy (non-hydrogen) atoms. The van der Waals surface area contributed by atoms with Gasteiger partial charge in [0.2, 0.25) is 11.8 Å². The Hall–Kier alpha value is -3.40. The molecule has 0 spiro atoms. The van der Waals surface area contributed by atoms with Crippen molar-refractivity contribution in [1.29, 1.82) is 0 Å². The summed E-state index contributed by atoms with van der Waals surface area (Å²) >= 11 is 3.51. The summed E-state index contributed by atoms with van der Waals surface area (Å²) in [6.45, 7) is 5.12. The number of rotatable bonds is 9. The number of aliphatic imine (C=N–C) groups is 1. The van der Waals surface area contributed by atoms with Crippen molar-refractivity contribution in [3.8, 4) is 0 Å². The SMILES string of the molecule is CN=C(OCC(C)CCCn1c(N)nc2ccc(Br)cc21)/C(=C\N)c1cc(C(=O)OC)cc(C)n1. The van der Waals surface area contributed by atoms with Crippen LogP contribution in [0.1, 0.15) is 41.5 Å². The molecule has 10 heteroatoms. The molecule has 0 aliphatic heterocycles. The van der Waals surface area contributed by atoms with E-state index in [0.717, 1.165) is 34.9 Å². The molecule has 3 rings (SSSR count). The highest BCUT2D eigenvalue weighted by molar-refractivity contribution is 9.10. The molecule has 0 saturated carbocycles. The Bertz CT molecular complexity index is 1270. The van der Waals surface area contributed by atoms with Gasteiger partial charge in [-0.1, -0.05) is 22.9 Å². The quantitative estimate of drug-likeness (QED) is 0.233. The first-order valence-electron chi connectivity index (χ1n) is 11.3. The van der Waals surface area contributed by atoms with Crippen molar-refractivity contribution in [3.63, 3.8) is 0 Å². The fraction of sp³-hybridized carbons (Fsp3) is 0.360. The lowest BCUT2D eigenvalue weighted by Crippen LogP contribution is -2.16. The number of carbonyl (C=O) groups is 1. The molecule has 0 aliphatic carbocycles. The number of nitrogens with zero attached hydrogens (tertiary/aromatic N) is 4. The van der Waals surface area contributed by atoms with Crippen molar-refractivity contribution in [3.05, 3.63) is 58.0 Å². The fourth-order valence-electron chi connectivity index (χ4n) is 3.82. The van der Waals surface area contributed by atoms with Gasteiger partial charge in [0, 0.05) is 30.0 Å². The molecule has 9 nitrogen and oxygen atoms in total. The van der Waals surface area contributed by atoms with Gasteiger partial charge in [-0.25, -0.2) is 9.78 Å². The number of ether oxygens (including phenoxy) is 2. The lowest BCUT2D eigenvalue weighted by molar-refractivity contribution is 0.0600. The minimum Gasteiger partial charge on any atom is -0.477 e. The van der Waals surface area contributed by atoms with E-state index in [4.69, 9.17) is 20.9 Å². The molecule has 0 amide bonds. The van der Waals surface area contributed by atoms with Gasteiger partial charge in [-0.2, -0.15) is 0 Å². The zero-order valence-electron chi connectivity index (χ0n) is 20.4. The molecule has 1 aromatic carbocycles. The van der Waals surface area contributed by atoms with Crippen LogP contribution in [0.25, 0.3) is 16.6 Å². The largest absolute Gasteiger partial charge is 0.477 e. The van der Waals surface area contributed by atoms with E-state index in [1.807, 2.05) is 22.8 Å². The smallest absolute Gasteiger partial charge is 0.337 e. The van der Waals surface area contributed by atoms with E-state index in [2.05, 4.69) is 37.8 Å². The van der Waals surface area contributed by atoms with Gasteiger partial charge < -0.3 is 25.5 Å². The molecule has 186 valence electrons. The number of imidazole rings is 1.